The fraction of sp³-hybridized carbons (Fsp3) is 0.516. The topological polar surface area (TPSA) is 228 Å². The number of hydrogen-bond acceptors (Lipinski definition) is 11. The molecule has 4 amide bonds. The lowest BCUT2D eigenvalue weighted by atomic mass is 10.0. The van der Waals surface area contributed by atoms with Gasteiger partial charge in [-0.1, -0.05) is 27.7 Å². The standard InChI is InChI=1S/C29H38N8O7S.C2H4O2/c1-13(2)21-26-34-23(16(6)44-26)25(41)30-15(5)10-37(28(42)18-9-20(39)36(8)29(43)35(18)7)11-19(38)32-22(14(3)4)27-31-17(12-45-27)24(40)33-21;1-2(3)4/h9,12-15,21-22H,10-11H2,1-8H3,(H,30,41)(H,32,38)(H,33,40);1H3,(H,3,4)/t15-,21-,22+;/m1./s1. The van der Waals surface area contributed by atoms with E-state index in [2.05, 4.69) is 25.9 Å². The monoisotopic (exact) mass is 702 g/mol. The summed E-state index contributed by atoms with van der Waals surface area (Å²) in [6.07, 6.45) is 0. The Labute approximate surface area is 285 Å². The van der Waals surface area contributed by atoms with Gasteiger partial charge in [-0.15, -0.1) is 11.3 Å². The molecule has 3 aromatic rings. The SMILES string of the molecule is CC(=O)O.Cc1oc2nc1C(=O)N[C@H](C)CN(C(=O)c1cc(=O)n(C)c(=O)n1C)CC(=O)N[C@@H](C(C)C)c1nc(cs1)C(=O)N[C@@H]2C(C)C. The Morgan fingerprint density at radius 1 is 0.959 bits per heavy atom. The van der Waals surface area contributed by atoms with E-state index in [1.54, 1.807) is 19.2 Å². The molecule has 0 spiro atoms. The Balaban J connectivity index is 0.00000154. The predicted molar refractivity (Wildman–Crippen MR) is 177 cm³/mol. The van der Waals surface area contributed by atoms with Gasteiger partial charge >= 0.3 is 5.69 Å². The summed E-state index contributed by atoms with van der Waals surface area (Å²) in [4.78, 5) is 97.8. The minimum atomic E-state index is -0.833. The van der Waals surface area contributed by atoms with Gasteiger partial charge in [0.2, 0.25) is 11.8 Å². The molecular weight excluding hydrogens is 660 g/mol. The molecular formula is C31H42N8O9S. The molecule has 49 heavy (non-hydrogen) atoms. The van der Waals surface area contributed by atoms with Gasteiger partial charge in [0.05, 0.1) is 12.6 Å². The summed E-state index contributed by atoms with van der Waals surface area (Å²) < 4.78 is 7.72. The third-order valence-corrected chi connectivity index (χ3v) is 8.42. The number of aryl methyl sites for hydroxylation is 1. The number of aliphatic carboxylic acids is 1. The molecule has 3 atom stereocenters. The number of fused-ring (bicyclic) bond motifs is 4. The van der Waals surface area contributed by atoms with Gasteiger partial charge < -0.3 is 30.4 Å². The molecule has 0 saturated heterocycles. The molecule has 4 rings (SSSR count). The molecule has 1 aliphatic heterocycles. The van der Waals surface area contributed by atoms with Crippen LogP contribution in [0.2, 0.25) is 0 Å². The van der Waals surface area contributed by atoms with Crippen molar-refractivity contribution in [3.05, 3.63) is 66.0 Å². The first-order valence-corrected chi connectivity index (χ1v) is 16.3. The maximum atomic E-state index is 13.8. The summed E-state index contributed by atoms with van der Waals surface area (Å²) in [5.74, 6) is -3.12. The Morgan fingerprint density at radius 3 is 2.16 bits per heavy atom. The van der Waals surface area contributed by atoms with Crippen LogP contribution in [0.25, 0.3) is 0 Å². The van der Waals surface area contributed by atoms with Crippen molar-refractivity contribution in [2.45, 2.75) is 66.6 Å². The third-order valence-electron chi connectivity index (χ3n) is 7.49. The Morgan fingerprint density at radius 2 is 1.57 bits per heavy atom. The van der Waals surface area contributed by atoms with E-state index in [0.29, 0.717) is 5.01 Å². The molecule has 3 aromatic heterocycles. The number of nitrogens with one attached hydrogen (secondary N) is 3. The van der Waals surface area contributed by atoms with E-state index in [1.807, 2.05) is 27.7 Å². The Bertz CT molecular complexity index is 1850. The number of carbonyl (C=O) groups excluding carboxylic acids is 4. The van der Waals surface area contributed by atoms with Crippen LogP contribution in [-0.4, -0.2) is 77.8 Å². The van der Waals surface area contributed by atoms with Crippen molar-refractivity contribution >= 4 is 40.9 Å². The molecule has 18 heteroatoms. The van der Waals surface area contributed by atoms with Gasteiger partial charge in [-0.05, 0) is 25.7 Å². The van der Waals surface area contributed by atoms with E-state index < -0.39 is 65.5 Å². The first kappa shape index (κ1) is 38.3. The predicted octanol–water partition coefficient (Wildman–Crippen LogP) is 1.14. The lowest BCUT2D eigenvalue weighted by Crippen LogP contribution is -2.50. The molecule has 4 bridgehead atoms. The number of carboxylic acids is 1. The maximum Gasteiger partial charge on any atom is 0.331 e. The Kier molecular flexibility index (Phi) is 12.4. The normalized spacial score (nSPS) is 18.9. The number of carboxylic acid groups (broad SMARTS) is 1. The largest absolute Gasteiger partial charge is 0.481 e. The summed E-state index contributed by atoms with van der Waals surface area (Å²) in [6, 6.07) is -0.943. The van der Waals surface area contributed by atoms with Crippen LogP contribution >= 0.6 is 11.3 Å². The number of rotatable bonds is 3. The van der Waals surface area contributed by atoms with Crippen molar-refractivity contribution in [1.29, 1.82) is 0 Å². The number of aromatic nitrogens is 4. The number of amides is 4. The fourth-order valence-corrected chi connectivity index (χ4v) is 5.94. The highest BCUT2D eigenvalue weighted by molar-refractivity contribution is 7.09. The number of thiazole rings is 1. The number of carbonyl (C=O) groups is 5. The second kappa shape index (κ2) is 15.8. The van der Waals surface area contributed by atoms with Crippen LogP contribution in [0.4, 0.5) is 0 Å². The van der Waals surface area contributed by atoms with E-state index in [-0.39, 0.29) is 47.1 Å². The zero-order valence-corrected chi connectivity index (χ0v) is 29.6. The van der Waals surface area contributed by atoms with Gasteiger partial charge in [0, 0.05) is 45.1 Å². The van der Waals surface area contributed by atoms with Crippen molar-refractivity contribution in [2.75, 3.05) is 13.1 Å². The van der Waals surface area contributed by atoms with Crippen LogP contribution in [0.1, 0.15) is 102 Å². The van der Waals surface area contributed by atoms with Gasteiger partial charge in [-0.3, -0.25) is 37.9 Å². The first-order valence-electron chi connectivity index (χ1n) is 15.4. The quantitative estimate of drug-likeness (QED) is 0.303. The summed E-state index contributed by atoms with van der Waals surface area (Å²) >= 11 is 1.21. The number of nitrogens with zero attached hydrogens (tertiary/aromatic N) is 5. The maximum absolute atomic E-state index is 13.8. The number of hydrogen-bond donors (Lipinski definition) is 4. The van der Waals surface area contributed by atoms with Crippen LogP contribution in [0.3, 0.4) is 0 Å². The van der Waals surface area contributed by atoms with E-state index in [0.717, 1.165) is 27.0 Å². The Hall–Kier alpha value is -5.13. The van der Waals surface area contributed by atoms with Crippen LogP contribution in [0.5, 0.6) is 0 Å². The van der Waals surface area contributed by atoms with Crippen molar-refractivity contribution in [3.8, 4) is 0 Å². The molecule has 0 radical (unpaired) electrons. The van der Waals surface area contributed by atoms with Gasteiger partial charge in [-0.2, -0.15) is 0 Å². The molecule has 4 heterocycles. The highest BCUT2D eigenvalue weighted by atomic mass is 32.1. The van der Waals surface area contributed by atoms with Crippen LogP contribution in [0.15, 0.2) is 25.5 Å². The van der Waals surface area contributed by atoms with Gasteiger partial charge in [0.1, 0.15) is 28.2 Å². The number of oxazole rings is 1. The minimum absolute atomic E-state index is 0.00171. The zero-order valence-electron chi connectivity index (χ0n) is 28.8. The second-order valence-corrected chi connectivity index (χ2v) is 13.2. The van der Waals surface area contributed by atoms with E-state index in [9.17, 15) is 28.8 Å². The summed E-state index contributed by atoms with van der Waals surface area (Å²) in [5, 5.41) is 18.1. The molecule has 266 valence electrons. The van der Waals surface area contributed by atoms with E-state index in [1.165, 1.54) is 25.4 Å². The van der Waals surface area contributed by atoms with Gasteiger partial charge in [-0.25, -0.2) is 14.8 Å². The van der Waals surface area contributed by atoms with Crippen molar-refractivity contribution < 1.29 is 33.5 Å². The van der Waals surface area contributed by atoms with Gasteiger partial charge in [0.15, 0.2) is 5.69 Å². The lowest BCUT2D eigenvalue weighted by Gasteiger charge is -2.28. The summed E-state index contributed by atoms with van der Waals surface area (Å²) in [6.45, 7) is 11.2. The van der Waals surface area contributed by atoms with Crippen LogP contribution in [-0.2, 0) is 23.7 Å². The third kappa shape index (κ3) is 9.27. The average Bonchev–Trinajstić information content (AvgIpc) is 3.64. The molecule has 0 aliphatic carbocycles. The summed E-state index contributed by atoms with van der Waals surface area (Å²) in [5.41, 5.74) is -1.48. The highest BCUT2D eigenvalue weighted by Gasteiger charge is 2.31. The molecule has 4 N–H and O–H groups in total. The van der Waals surface area contributed by atoms with E-state index in [4.69, 9.17) is 14.3 Å². The van der Waals surface area contributed by atoms with Crippen molar-refractivity contribution in [2.24, 2.45) is 25.9 Å². The molecule has 0 unspecified atom stereocenters. The minimum Gasteiger partial charge on any atom is -0.481 e. The molecule has 0 fully saturated rings. The van der Waals surface area contributed by atoms with Crippen LogP contribution < -0.4 is 27.2 Å². The van der Waals surface area contributed by atoms with E-state index >= 15 is 0 Å². The smallest absolute Gasteiger partial charge is 0.331 e. The van der Waals surface area contributed by atoms with Crippen molar-refractivity contribution in [3.63, 3.8) is 0 Å². The van der Waals surface area contributed by atoms with Crippen LogP contribution in [0, 0.1) is 18.8 Å². The van der Waals surface area contributed by atoms with Gasteiger partial charge in [0.25, 0.3) is 29.3 Å². The molecule has 17 nitrogen and oxygen atoms in total. The fourth-order valence-electron chi connectivity index (χ4n) is 4.92. The highest BCUT2D eigenvalue weighted by Crippen LogP contribution is 2.27. The first-order chi connectivity index (χ1) is 22.8. The molecule has 1 aliphatic rings. The van der Waals surface area contributed by atoms with Crippen molar-refractivity contribution in [1.82, 2.24) is 40.0 Å². The molecule has 0 saturated carbocycles. The average molecular weight is 703 g/mol. The zero-order chi connectivity index (χ0) is 36.9. The second-order valence-electron chi connectivity index (χ2n) is 12.4. The lowest BCUT2D eigenvalue weighted by molar-refractivity contribution is -0.134. The molecule has 0 aromatic carbocycles. The summed E-state index contributed by atoms with van der Waals surface area (Å²) in [7, 11) is 2.64.